The van der Waals surface area contributed by atoms with E-state index in [9.17, 15) is 4.79 Å². The minimum Gasteiger partial charge on any atom is -0.497 e. The van der Waals surface area contributed by atoms with E-state index in [-0.39, 0.29) is 11.9 Å². The summed E-state index contributed by atoms with van der Waals surface area (Å²) in [6.45, 7) is 0.704. The van der Waals surface area contributed by atoms with E-state index in [0.29, 0.717) is 12.3 Å². The first-order valence-corrected chi connectivity index (χ1v) is 8.72. The fourth-order valence-corrected chi connectivity index (χ4v) is 3.66. The highest BCUT2D eigenvalue weighted by Crippen LogP contribution is 2.39. The van der Waals surface area contributed by atoms with Crippen LogP contribution < -0.4 is 9.47 Å². The van der Waals surface area contributed by atoms with E-state index in [4.69, 9.17) is 13.9 Å². The number of rotatable bonds is 4. The third kappa shape index (κ3) is 2.79. The van der Waals surface area contributed by atoms with Gasteiger partial charge >= 0.3 is 0 Å². The zero-order valence-corrected chi connectivity index (χ0v) is 14.9. The summed E-state index contributed by atoms with van der Waals surface area (Å²) < 4.78 is 16.6. The van der Waals surface area contributed by atoms with Gasteiger partial charge in [-0.2, -0.15) is 0 Å². The van der Waals surface area contributed by atoms with Gasteiger partial charge in [0.2, 0.25) is 0 Å². The van der Waals surface area contributed by atoms with Gasteiger partial charge in [-0.15, -0.1) is 0 Å². The quantitative estimate of drug-likeness (QED) is 0.698. The van der Waals surface area contributed by atoms with Crippen molar-refractivity contribution in [1.82, 2.24) is 4.90 Å². The average molecular weight is 351 g/mol. The van der Waals surface area contributed by atoms with Crippen LogP contribution in [0.2, 0.25) is 0 Å². The van der Waals surface area contributed by atoms with Crippen LogP contribution in [0.3, 0.4) is 0 Å². The van der Waals surface area contributed by atoms with Crippen molar-refractivity contribution in [3.63, 3.8) is 0 Å². The van der Waals surface area contributed by atoms with E-state index in [1.54, 1.807) is 14.2 Å². The van der Waals surface area contributed by atoms with Gasteiger partial charge in [0.1, 0.15) is 17.1 Å². The molecule has 1 atom stereocenters. The number of fused-ring (bicyclic) bond motifs is 1. The zero-order chi connectivity index (χ0) is 18.1. The van der Waals surface area contributed by atoms with Crippen molar-refractivity contribution in [2.75, 3.05) is 20.8 Å². The molecule has 5 nitrogen and oxygen atoms in total. The minimum atomic E-state index is -0.0819. The van der Waals surface area contributed by atoms with Gasteiger partial charge in [-0.25, -0.2) is 0 Å². The van der Waals surface area contributed by atoms with Gasteiger partial charge in [0, 0.05) is 23.6 Å². The molecule has 0 unspecified atom stereocenters. The largest absolute Gasteiger partial charge is 0.497 e. The molecule has 1 aliphatic heterocycles. The number of hydrogen-bond acceptors (Lipinski definition) is 4. The standard InChI is InChI=1S/C21H21NO4/c1-24-15-9-10-16(19(13-15)25-2)17-7-5-11-22(17)21(23)20-12-14-6-3-4-8-18(14)26-20/h3-4,6,8-10,12-13,17H,5,7,11H2,1-2H3/t17-/m0/s1. The topological polar surface area (TPSA) is 51.9 Å². The van der Waals surface area contributed by atoms with Gasteiger partial charge in [-0.1, -0.05) is 18.2 Å². The molecule has 1 fully saturated rings. The molecular formula is C21H21NO4. The van der Waals surface area contributed by atoms with E-state index in [1.165, 1.54) is 0 Å². The molecule has 134 valence electrons. The van der Waals surface area contributed by atoms with Crippen LogP contribution in [-0.4, -0.2) is 31.6 Å². The Morgan fingerprint density at radius 1 is 1.12 bits per heavy atom. The molecule has 26 heavy (non-hydrogen) atoms. The van der Waals surface area contributed by atoms with Crippen LogP contribution in [0.25, 0.3) is 11.0 Å². The number of methoxy groups -OCH3 is 2. The summed E-state index contributed by atoms with van der Waals surface area (Å²) in [5.41, 5.74) is 1.73. The minimum absolute atomic E-state index is 0.0310. The lowest BCUT2D eigenvalue weighted by Gasteiger charge is -2.25. The van der Waals surface area contributed by atoms with Crippen molar-refractivity contribution >= 4 is 16.9 Å². The molecule has 1 aromatic heterocycles. The predicted molar refractivity (Wildman–Crippen MR) is 98.8 cm³/mol. The second kappa shape index (κ2) is 6.75. The molecule has 1 saturated heterocycles. The van der Waals surface area contributed by atoms with Crippen molar-refractivity contribution in [2.24, 2.45) is 0 Å². The Morgan fingerprint density at radius 3 is 2.73 bits per heavy atom. The summed E-state index contributed by atoms with van der Waals surface area (Å²) in [6, 6.07) is 15.2. The summed E-state index contributed by atoms with van der Waals surface area (Å²) in [4.78, 5) is 15.0. The van der Waals surface area contributed by atoms with E-state index in [1.807, 2.05) is 53.4 Å². The van der Waals surface area contributed by atoms with Crippen molar-refractivity contribution in [2.45, 2.75) is 18.9 Å². The highest BCUT2D eigenvalue weighted by molar-refractivity contribution is 5.96. The van der Waals surface area contributed by atoms with E-state index in [0.717, 1.165) is 40.9 Å². The molecule has 0 N–H and O–H groups in total. The van der Waals surface area contributed by atoms with Gasteiger partial charge < -0.3 is 18.8 Å². The first kappa shape index (κ1) is 16.5. The molecule has 0 radical (unpaired) electrons. The third-order valence-electron chi connectivity index (χ3n) is 4.95. The number of carbonyl (C=O) groups excluding carboxylic acids is 1. The zero-order valence-electron chi connectivity index (χ0n) is 14.9. The van der Waals surface area contributed by atoms with E-state index in [2.05, 4.69) is 0 Å². The van der Waals surface area contributed by atoms with Crippen molar-refractivity contribution in [3.05, 3.63) is 59.9 Å². The van der Waals surface area contributed by atoms with Gasteiger partial charge in [0.25, 0.3) is 5.91 Å². The lowest BCUT2D eigenvalue weighted by atomic mass is 10.0. The smallest absolute Gasteiger partial charge is 0.290 e. The lowest BCUT2D eigenvalue weighted by Crippen LogP contribution is -2.30. The van der Waals surface area contributed by atoms with Crippen LogP contribution >= 0.6 is 0 Å². The first-order chi connectivity index (χ1) is 12.7. The summed E-state index contributed by atoms with van der Waals surface area (Å²) in [6.07, 6.45) is 1.85. The number of likely N-dealkylation sites (tertiary alicyclic amines) is 1. The van der Waals surface area contributed by atoms with E-state index >= 15 is 0 Å². The summed E-state index contributed by atoms with van der Waals surface area (Å²) in [5.74, 6) is 1.77. The Kier molecular flexibility index (Phi) is 4.29. The fourth-order valence-electron chi connectivity index (χ4n) is 3.66. The molecule has 0 spiro atoms. The maximum atomic E-state index is 13.1. The highest BCUT2D eigenvalue weighted by Gasteiger charge is 2.34. The Bertz CT molecular complexity index is 913. The van der Waals surface area contributed by atoms with E-state index < -0.39 is 0 Å². The predicted octanol–water partition coefficient (Wildman–Crippen LogP) is 4.43. The SMILES string of the molecule is COc1ccc([C@@H]2CCCN2C(=O)c2cc3ccccc3o2)c(OC)c1. The van der Waals surface area contributed by atoms with Gasteiger partial charge in [-0.3, -0.25) is 4.79 Å². The number of para-hydroxylation sites is 1. The molecular weight excluding hydrogens is 330 g/mol. The Balaban J connectivity index is 1.67. The summed E-state index contributed by atoms with van der Waals surface area (Å²) in [5, 5.41) is 0.939. The number of carbonyl (C=O) groups is 1. The maximum Gasteiger partial charge on any atom is 0.290 e. The summed E-state index contributed by atoms with van der Waals surface area (Å²) in [7, 11) is 3.26. The fraction of sp³-hybridized carbons (Fsp3) is 0.286. The molecule has 0 bridgehead atoms. The highest BCUT2D eigenvalue weighted by atomic mass is 16.5. The van der Waals surface area contributed by atoms with Crippen LogP contribution in [0.15, 0.2) is 52.9 Å². The maximum absolute atomic E-state index is 13.1. The Hall–Kier alpha value is -2.95. The molecule has 2 aromatic carbocycles. The molecule has 4 rings (SSSR count). The van der Waals surface area contributed by atoms with Crippen LogP contribution in [0.1, 0.15) is 35.0 Å². The van der Waals surface area contributed by atoms with Crippen molar-refractivity contribution in [3.8, 4) is 11.5 Å². The molecule has 2 heterocycles. The molecule has 3 aromatic rings. The normalized spacial score (nSPS) is 16.8. The third-order valence-corrected chi connectivity index (χ3v) is 4.95. The molecule has 1 aliphatic rings. The lowest BCUT2D eigenvalue weighted by molar-refractivity contribution is 0.0704. The number of ether oxygens (including phenoxy) is 2. The molecule has 0 saturated carbocycles. The average Bonchev–Trinajstić information content (AvgIpc) is 3.33. The number of hydrogen-bond donors (Lipinski definition) is 0. The summed E-state index contributed by atoms with van der Waals surface area (Å²) >= 11 is 0. The van der Waals surface area contributed by atoms with Crippen LogP contribution in [-0.2, 0) is 0 Å². The molecule has 5 heteroatoms. The number of benzene rings is 2. The molecule has 0 aliphatic carbocycles. The second-order valence-corrected chi connectivity index (χ2v) is 6.41. The van der Waals surface area contributed by atoms with Crippen LogP contribution in [0.4, 0.5) is 0 Å². The van der Waals surface area contributed by atoms with Gasteiger partial charge in [0.15, 0.2) is 5.76 Å². The monoisotopic (exact) mass is 351 g/mol. The number of furan rings is 1. The van der Waals surface area contributed by atoms with Gasteiger partial charge in [0.05, 0.1) is 20.3 Å². The number of nitrogens with zero attached hydrogens (tertiary/aromatic N) is 1. The Labute approximate surface area is 152 Å². The number of amides is 1. The first-order valence-electron chi connectivity index (χ1n) is 8.72. The van der Waals surface area contributed by atoms with Crippen molar-refractivity contribution < 1.29 is 18.7 Å². The van der Waals surface area contributed by atoms with Crippen molar-refractivity contribution in [1.29, 1.82) is 0 Å². The van der Waals surface area contributed by atoms with Crippen LogP contribution in [0, 0.1) is 0 Å². The molecule has 1 amide bonds. The second-order valence-electron chi connectivity index (χ2n) is 6.41. The van der Waals surface area contributed by atoms with Crippen LogP contribution in [0.5, 0.6) is 11.5 Å². The Morgan fingerprint density at radius 2 is 1.96 bits per heavy atom. The van der Waals surface area contributed by atoms with Gasteiger partial charge in [-0.05, 0) is 37.1 Å².